The van der Waals surface area contributed by atoms with E-state index in [0.29, 0.717) is 5.82 Å². The van der Waals surface area contributed by atoms with Crippen LogP contribution in [0.25, 0.3) is 105 Å². The van der Waals surface area contributed by atoms with Gasteiger partial charge in [0, 0.05) is 55.2 Å². The van der Waals surface area contributed by atoms with Gasteiger partial charge < -0.3 is 9.13 Å². The minimum absolute atomic E-state index is 0.675. The van der Waals surface area contributed by atoms with Crippen molar-refractivity contribution < 1.29 is 0 Å². The van der Waals surface area contributed by atoms with Gasteiger partial charge in [0.25, 0.3) is 0 Å². The molecular formula is C52H33N5. The highest BCUT2D eigenvalue weighted by Gasteiger charge is 2.23. The zero-order valence-corrected chi connectivity index (χ0v) is 30.8. The molecule has 0 saturated heterocycles. The topological polar surface area (TPSA) is 40.6 Å². The molecule has 0 saturated carbocycles. The molecule has 4 heterocycles. The number of nitrogens with zero attached hydrogens (tertiary/aromatic N) is 5. The predicted molar refractivity (Wildman–Crippen MR) is 236 cm³/mol. The van der Waals surface area contributed by atoms with Gasteiger partial charge in [0.15, 0.2) is 5.82 Å². The standard InChI is InChI=1S/C52H33N5/c1-3-17-34(18-4-1)52-53-43(33-49(54-52)56-45-27-13-7-21-36(45)37-22-8-14-28-46(37)56)42-25-11-16-30-48(42)57-47-29-15-10-24-39(47)41-32-31-40-38-23-9-12-26-44(38)55(50(40)51(41)57)35-19-5-2-6-20-35/h1-33H. The van der Waals surface area contributed by atoms with Crippen molar-refractivity contribution >= 4 is 65.4 Å². The lowest BCUT2D eigenvalue weighted by atomic mass is 10.1. The van der Waals surface area contributed by atoms with Gasteiger partial charge >= 0.3 is 0 Å². The van der Waals surface area contributed by atoms with Crippen LogP contribution < -0.4 is 0 Å². The van der Waals surface area contributed by atoms with E-state index >= 15 is 0 Å². The summed E-state index contributed by atoms with van der Waals surface area (Å²) in [6.45, 7) is 0. The summed E-state index contributed by atoms with van der Waals surface area (Å²) in [6.07, 6.45) is 0. The van der Waals surface area contributed by atoms with Gasteiger partial charge in [-0.25, -0.2) is 9.97 Å². The summed E-state index contributed by atoms with van der Waals surface area (Å²) < 4.78 is 7.18. The van der Waals surface area contributed by atoms with Crippen molar-refractivity contribution in [2.24, 2.45) is 0 Å². The molecule has 0 bridgehead atoms. The van der Waals surface area contributed by atoms with Gasteiger partial charge in [-0.1, -0.05) is 152 Å². The van der Waals surface area contributed by atoms with E-state index in [1.165, 1.54) is 43.4 Å². The normalized spacial score (nSPS) is 11.9. The third-order valence-electron chi connectivity index (χ3n) is 11.5. The average Bonchev–Trinajstić information content (AvgIpc) is 3.93. The smallest absolute Gasteiger partial charge is 0.162 e. The van der Waals surface area contributed by atoms with E-state index in [0.717, 1.165) is 56.1 Å². The van der Waals surface area contributed by atoms with Crippen LogP contribution in [0.15, 0.2) is 200 Å². The van der Waals surface area contributed by atoms with Crippen molar-refractivity contribution in [1.29, 1.82) is 0 Å². The number of hydrogen-bond acceptors (Lipinski definition) is 2. The van der Waals surface area contributed by atoms with Crippen molar-refractivity contribution in [3.8, 4) is 39.8 Å². The lowest BCUT2D eigenvalue weighted by molar-refractivity contribution is 1.04. The Hall–Kier alpha value is -7.76. The van der Waals surface area contributed by atoms with Gasteiger partial charge in [-0.3, -0.25) is 4.57 Å². The summed E-state index contributed by atoms with van der Waals surface area (Å²) in [4.78, 5) is 10.7. The third-order valence-corrected chi connectivity index (χ3v) is 11.5. The monoisotopic (exact) mass is 727 g/mol. The number of aromatic nitrogens is 5. The van der Waals surface area contributed by atoms with Gasteiger partial charge in [0.2, 0.25) is 0 Å². The summed E-state index contributed by atoms with van der Waals surface area (Å²) in [6, 6.07) is 71.2. The molecule has 0 aliphatic heterocycles. The summed E-state index contributed by atoms with van der Waals surface area (Å²) >= 11 is 0. The Kier molecular flexibility index (Phi) is 6.86. The Balaban J connectivity index is 1.20. The van der Waals surface area contributed by atoms with E-state index in [-0.39, 0.29) is 0 Å². The second-order valence-corrected chi connectivity index (χ2v) is 14.6. The van der Waals surface area contributed by atoms with Crippen LogP contribution in [-0.4, -0.2) is 23.7 Å². The largest absolute Gasteiger partial charge is 0.307 e. The number of fused-ring (bicyclic) bond motifs is 10. The first-order valence-corrected chi connectivity index (χ1v) is 19.4. The van der Waals surface area contributed by atoms with E-state index in [9.17, 15) is 0 Å². The van der Waals surface area contributed by atoms with E-state index in [4.69, 9.17) is 9.97 Å². The Morgan fingerprint density at radius 3 is 1.40 bits per heavy atom. The highest BCUT2D eigenvalue weighted by atomic mass is 15.1. The number of hydrogen-bond donors (Lipinski definition) is 0. The van der Waals surface area contributed by atoms with Gasteiger partial charge in [-0.05, 0) is 42.5 Å². The molecule has 266 valence electrons. The maximum Gasteiger partial charge on any atom is 0.162 e. The van der Waals surface area contributed by atoms with Crippen molar-refractivity contribution in [3.05, 3.63) is 200 Å². The number of benzene rings is 8. The van der Waals surface area contributed by atoms with Crippen LogP contribution >= 0.6 is 0 Å². The fraction of sp³-hybridized carbons (Fsp3) is 0. The number of para-hydroxylation sites is 6. The molecule has 0 amide bonds. The molecule has 0 radical (unpaired) electrons. The minimum atomic E-state index is 0.675. The van der Waals surface area contributed by atoms with E-state index in [2.05, 4.69) is 208 Å². The van der Waals surface area contributed by atoms with Crippen LogP contribution in [0.5, 0.6) is 0 Å². The van der Waals surface area contributed by atoms with E-state index in [1.54, 1.807) is 0 Å². The molecule has 5 heteroatoms. The molecule has 57 heavy (non-hydrogen) atoms. The van der Waals surface area contributed by atoms with Gasteiger partial charge in [0.05, 0.1) is 44.5 Å². The van der Waals surface area contributed by atoms with Crippen molar-refractivity contribution in [1.82, 2.24) is 23.7 Å². The molecule has 0 unspecified atom stereocenters. The first-order valence-electron chi connectivity index (χ1n) is 19.4. The Morgan fingerprint density at radius 2 is 0.789 bits per heavy atom. The second kappa shape index (κ2) is 12.4. The second-order valence-electron chi connectivity index (χ2n) is 14.6. The lowest BCUT2D eigenvalue weighted by Crippen LogP contribution is -2.04. The molecule has 5 nitrogen and oxygen atoms in total. The van der Waals surface area contributed by atoms with Crippen molar-refractivity contribution in [3.63, 3.8) is 0 Å². The lowest BCUT2D eigenvalue weighted by Gasteiger charge is -2.17. The molecule has 0 fully saturated rings. The van der Waals surface area contributed by atoms with Crippen LogP contribution in [-0.2, 0) is 0 Å². The molecule has 0 atom stereocenters. The Labute approximate surface area is 328 Å². The SMILES string of the molecule is c1ccc(-c2nc(-c3ccccc3-n3c4ccccc4c4ccc5c6ccccc6n(-c6ccccc6)c5c43)cc(-n3c4ccccc4c4ccccc43)n2)cc1. The zero-order valence-electron chi connectivity index (χ0n) is 30.8. The highest BCUT2D eigenvalue weighted by Crippen LogP contribution is 2.43. The first-order chi connectivity index (χ1) is 28.3. The molecule has 0 spiro atoms. The molecule has 0 aliphatic rings. The molecule has 8 aromatic carbocycles. The van der Waals surface area contributed by atoms with Crippen molar-refractivity contribution in [2.75, 3.05) is 0 Å². The quantitative estimate of drug-likeness (QED) is 0.177. The van der Waals surface area contributed by atoms with Crippen molar-refractivity contribution in [2.45, 2.75) is 0 Å². The van der Waals surface area contributed by atoms with Crippen LogP contribution in [0.1, 0.15) is 0 Å². The van der Waals surface area contributed by atoms with Gasteiger partial charge in [-0.15, -0.1) is 0 Å². The van der Waals surface area contributed by atoms with E-state index in [1.807, 2.05) is 6.07 Å². The Morgan fingerprint density at radius 1 is 0.333 bits per heavy atom. The highest BCUT2D eigenvalue weighted by molar-refractivity contribution is 6.24. The summed E-state index contributed by atoms with van der Waals surface area (Å²) in [5.74, 6) is 1.49. The molecule has 12 rings (SSSR count). The predicted octanol–water partition coefficient (Wildman–Crippen LogP) is 13.1. The first kappa shape index (κ1) is 31.6. The average molecular weight is 728 g/mol. The zero-order chi connectivity index (χ0) is 37.5. The summed E-state index contributed by atoms with van der Waals surface area (Å²) in [7, 11) is 0. The molecular weight excluding hydrogens is 695 g/mol. The van der Waals surface area contributed by atoms with Crippen LogP contribution in [0.4, 0.5) is 0 Å². The van der Waals surface area contributed by atoms with Crippen LogP contribution in [0.3, 0.4) is 0 Å². The van der Waals surface area contributed by atoms with Gasteiger partial charge in [-0.2, -0.15) is 0 Å². The van der Waals surface area contributed by atoms with E-state index < -0.39 is 0 Å². The van der Waals surface area contributed by atoms with Crippen LogP contribution in [0, 0.1) is 0 Å². The summed E-state index contributed by atoms with van der Waals surface area (Å²) in [5.41, 5.74) is 11.8. The number of rotatable bonds is 5. The maximum atomic E-state index is 5.39. The van der Waals surface area contributed by atoms with Crippen LogP contribution in [0.2, 0.25) is 0 Å². The maximum absolute atomic E-state index is 5.39. The molecule has 12 aromatic rings. The fourth-order valence-corrected chi connectivity index (χ4v) is 9.05. The molecule has 0 N–H and O–H groups in total. The molecule has 0 aliphatic carbocycles. The third kappa shape index (κ3) is 4.69. The molecule has 4 aromatic heterocycles. The fourth-order valence-electron chi connectivity index (χ4n) is 9.05. The minimum Gasteiger partial charge on any atom is -0.307 e. The summed E-state index contributed by atoms with van der Waals surface area (Å²) in [5, 5.41) is 7.23. The van der Waals surface area contributed by atoms with Gasteiger partial charge in [0.1, 0.15) is 5.82 Å². The Bertz CT molecular complexity index is 3460.